The minimum atomic E-state index is 0.0300. The minimum absolute atomic E-state index is 0.0300. The van der Waals surface area contributed by atoms with Crippen LogP contribution in [0.1, 0.15) is 53.0 Å². The lowest BCUT2D eigenvalue weighted by Gasteiger charge is -2.23. The molecule has 0 unspecified atom stereocenters. The summed E-state index contributed by atoms with van der Waals surface area (Å²) in [6.07, 6.45) is 4.66. The van der Waals surface area contributed by atoms with E-state index < -0.39 is 0 Å². The van der Waals surface area contributed by atoms with Gasteiger partial charge in [-0.25, -0.2) is 4.98 Å². The lowest BCUT2D eigenvalue weighted by molar-refractivity contribution is 0.229. The molecule has 0 aromatic carbocycles. The van der Waals surface area contributed by atoms with Gasteiger partial charge in [0.2, 0.25) is 5.88 Å². The quantitative estimate of drug-likeness (QED) is 0.815. The van der Waals surface area contributed by atoms with Crippen LogP contribution >= 0.6 is 0 Å². The molecule has 0 amide bonds. The largest absolute Gasteiger partial charge is 0.488 e. The number of rotatable bonds is 4. The Bertz CT molecular complexity index is 417. The maximum Gasteiger partial charge on any atom is 0.213 e. The van der Waals surface area contributed by atoms with E-state index in [4.69, 9.17) is 9.47 Å². The van der Waals surface area contributed by atoms with Crippen LogP contribution in [0.25, 0.3) is 0 Å². The second kappa shape index (κ2) is 4.79. The van der Waals surface area contributed by atoms with Crippen molar-refractivity contribution in [2.45, 2.75) is 65.1 Å². The third kappa shape index (κ3) is 3.37. The van der Waals surface area contributed by atoms with Gasteiger partial charge in [-0.1, -0.05) is 20.8 Å². The number of hydrogen-bond donors (Lipinski definition) is 0. The highest BCUT2D eigenvalue weighted by Crippen LogP contribution is 2.36. The first-order valence-corrected chi connectivity index (χ1v) is 6.70. The normalized spacial score (nSPS) is 15.9. The zero-order chi connectivity index (χ0) is 13.3. The van der Waals surface area contributed by atoms with Crippen molar-refractivity contribution in [1.29, 1.82) is 0 Å². The number of pyridine rings is 1. The highest BCUT2D eigenvalue weighted by atomic mass is 16.5. The summed E-state index contributed by atoms with van der Waals surface area (Å²) in [7, 11) is 0. The molecule has 1 saturated carbocycles. The van der Waals surface area contributed by atoms with Gasteiger partial charge in [-0.3, -0.25) is 0 Å². The van der Waals surface area contributed by atoms with Crippen LogP contribution in [0.15, 0.2) is 12.3 Å². The van der Waals surface area contributed by atoms with Gasteiger partial charge in [0.15, 0.2) is 0 Å². The Balaban J connectivity index is 2.28. The van der Waals surface area contributed by atoms with Crippen molar-refractivity contribution in [1.82, 2.24) is 4.98 Å². The van der Waals surface area contributed by atoms with E-state index in [2.05, 4.69) is 25.8 Å². The first-order valence-electron chi connectivity index (χ1n) is 6.70. The van der Waals surface area contributed by atoms with E-state index >= 15 is 0 Å². The maximum absolute atomic E-state index is 5.92. The Kier molecular flexibility index (Phi) is 3.51. The van der Waals surface area contributed by atoms with Gasteiger partial charge in [0.05, 0.1) is 18.4 Å². The van der Waals surface area contributed by atoms with E-state index in [1.807, 2.05) is 19.9 Å². The Morgan fingerprint density at radius 1 is 1.28 bits per heavy atom. The van der Waals surface area contributed by atoms with Gasteiger partial charge in [-0.15, -0.1) is 0 Å². The van der Waals surface area contributed by atoms with Crippen LogP contribution in [-0.2, 0) is 5.41 Å². The average Bonchev–Trinajstić information content (AvgIpc) is 3.02. The zero-order valence-electron chi connectivity index (χ0n) is 12.0. The van der Waals surface area contributed by atoms with Crippen molar-refractivity contribution >= 4 is 0 Å². The zero-order valence-corrected chi connectivity index (χ0v) is 12.0. The average molecular weight is 249 g/mol. The van der Waals surface area contributed by atoms with Crippen LogP contribution in [0.2, 0.25) is 0 Å². The maximum atomic E-state index is 5.92. The van der Waals surface area contributed by atoms with Gasteiger partial charge in [0.25, 0.3) is 0 Å². The molecule has 18 heavy (non-hydrogen) atoms. The third-order valence-corrected chi connectivity index (χ3v) is 2.82. The molecule has 1 heterocycles. The Hall–Kier alpha value is -1.25. The highest BCUT2D eigenvalue weighted by molar-refractivity contribution is 5.40. The monoisotopic (exact) mass is 249 g/mol. The van der Waals surface area contributed by atoms with Crippen LogP contribution in [-0.4, -0.2) is 17.2 Å². The van der Waals surface area contributed by atoms with Gasteiger partial charge in [-0.2, -0.15) is 0 Å². The molecule has 0 bridgehead atoms. The van der Waals surface area contributed by atoms with Crippen molar-refractivity contribution in [2.75, 3.05) is 0 Å². The third-order valence-electron chi connectivity index (χ3n) is 2.82. The SMILES string of the molecule is CC(C)Oc1cc(C(C)(C)C)c(OC2CC2)cn1. The second-order valence-electron chi connectivity index (χ2n) is 6.25. The molecule has 0 spiro atoms. The smallest absolute Gasteiger partial charge is 0.213 e. The summed E-state index contributed by atoms with van der Waals surface area (Å²) in [6, 6.07) is 2.01. The Morgan fingerprint density at radius 2 is 1.94 bits per heavy atom. The molecule has 0 saturated heterocycles. The molecule has 1 aromatic rings. The second-order valence-corrected chi connectivity index (χ2v) is 6.25. The molecule has 1 aliphatic carbocycles. The molecule has 0 radical (unpaired) electrons. The summed E-state index contributed by atoms with van der Waals surface area (Å²) in [5.74, 6) is 1.58. The molecular weight excluding hydrogens is 226 g/mol. The van der Waals surface area contributed by atoms with Crippen LogP contribution in [0.5, 0.6) is 11.6 Å². The standard InChI is InChI=1S/C15H23NO2/c1-10(2)17-14-8-12(15(3,4)5)13(9-16-14)18-11-6-7-11/h8-11H,6-7H2,1-5H3. The summed E-state index contributed by atoms with van der Waals surface area (Å²) in [4.78, 5) is 4.33. The summed E-state index contributed by atoms with van der Waals surface area (Å²) in [5.41, 5.74) is 1.20. The van der Waals surface area contributed by atoms with Crippen molar-refractivity contribution in [3.05, 3.63) is 17.8 Å². The lowest BCUT2D eigenvalue weighted by atomic mass is 9.87. The van der Waals surface area contributed by atoms with Gasteiger partial charge < -0.3 is 9.47 Å². The van der Waals surface area contributed by atoms with E-state index in [-0.39, 0.29) is 11.5 Å². The summed E-state index contributed by atoms with van der Waals surface area (Å²) < 4.78 is 11.6. The van der Waals surface area contributed by atoms with Crippen LogP contribution in [0, 0.1) is 0 Å². The summed E-state index contributed by atoms with van der Waals surface area (Å²) in [5, 5.41) is 0. The topological polar surface area (TPSA) is 31.4 Å². The molecular formula is C15H23NO2. The number of nitrogens with zero attached hydrogens (tertiary/aromatic N) is 1. The summed E-state index contributed by atoms with van der Waals surface area (Å²) >= 11 is 0. The molecule has 1 fully saturated rings. The molecule has 0 aliphatic heterocycles. The predicted molar refractivity (Wildman–Crippen MR) is 72.4 cm³/mol. The highest BCUT2D eigenvalue weighted by Gasteiger charge is 2.28. The van der Waals surface area contributed by atoms with Gasteiger partial charge in [0, 0.05) is 11.6 Å². The van der Waals surface area contributed by atoms with Crippen LogP contribution in [0.3, 0.4) is 0 Å². The van der Waals surface area contributed by atoms with Crippen molar-refractivity contribution in [3.63, 3.8) is 0 Å². The molecule has 100 valence electrons. The number of aromatic nitrogens is 1. The number of ether oxygens (including phenoxy) is 2. The molecule has 1 aliphatic rings. The molecule has 0 N–H and O–H groups in total. The fourth-order valence-corrected chi connectivity index (χ4v) is 1.78. The fourth-order valence-electron chi connectivity index (χ4n) is 1.78. The lowest BCUT2D eigenvalue weighted by Crippen LogP contribution is -2.16. The van der Waals surface area contributed by atoms with Crippen LogP contribution < -0.4 is 9.47 Å². The Morgan fingerprint density at radius 3 is 2.44 bits per heavy atom. The first kappa shape index (κ1) is 13.2. The van der Waals surface area contributed by atoms with Crippen LogP contribution in [0.4, 0.5) is 0 Å². The van der Waals surface area contributed by atoms with Crippen molar-refractivity contribution in [2.24, 2.45) is 0 Å². The Labute approximate surface area is 110 Å². The van der Waals surface area contributed by atoms with Gasteiger partial charge >= 0.3 is 0 Å². The molecule has 3 heteroatoms. The van der Waals surface area contributed by atoms with Crippen molar-refractivity contribution in [3.8, 4) is 11.6 Å². The molecule has 3 nitrogen and oxygen atoms in total. The first-order chi connectivity index (χ1) is 8.36. The fraction of sp³-hybridized carbons (Fsp3) is 0.667. The minimum Gasteiger partial charge on any atom is -0.488 e. The van der Waals surface area contributed by atoms with E-state index in [9.17, 15) is 0 Å². The van der Waals surface area contributed by atoms with Gasteiger partial charge in [-0.05, 0) is 32.1 Å². The van der Waals surface area contributed by atoms with E-state index in [1.165, 1.54) is 5.56 Å². The van der Waals surface area contributed by atoms with E-state index in [0.717, 1.165) is 18.6 Å². The molecule has 1 aromatic heterocycles. The van der Waals surface area contributed by atoms with E-state index in [1.54, 1.807) is 6.20 Å². The summed E-state index contributed by atoms with van der Waals surface area (Å²) in [6.45, 7) is 10.6. The predicted octanol–water partition coefficient (Wildman–Crippen LogP) is 3.71. The molecule has 2 rings (SSSR count). The van der Waals surface area contributed by atoms with Crippen molar-refractivity contribution < 1.29 is 9.47 Å². The number of hydrogen-bond acceptors (Lipinski definition) is 3. The molecule has 0 atom stereocenters. The van der Waals surface area contributed by atoms with E-state index in [0.29, 0.717) is 12.0 Å². The van der Waals surface area contributed by atoms with Gasteiger partial charge in [0.1, 0.15) is 5.75 Å².